The van der Waals surface area contributed by atoms with E-state index in [1.165, 1.54) is 12.2 Å². The third-order valence-corrected chi connectivity index (χ3v) is 1.13. The highest BCUT2D eigenvalue weighted by atomic mass is 35.5. The van der Waals surface area contributed by atoms with Crippen LogP contribution in [0.15, 0.2) is 0 Å². The maximum absolute atomic E-state index is 9.94. The second-order valence-electron chi connectivity index (χ2n) is 1.65. The first kappa shape index (κ1) is 8.88. The van der Waals surface area contributed by atoms with Crippen molar-refractivity contribution >= 4 is 17.9 Å². The van der Waals surface area contributed by atoms with Crippen LogP contribution in [-0.2, 0) is 9.63 Å². The first-order valence-corrected chi connectivity index (χ1v) is 2.99. The summed E-state index contributed by atoms with van der Waals surface area (Å²) in [7, 11) is 3.23. The Hall–Kier alpha value is -0.120. The van der Waals surface area contributed by atoms with Gasteiger partial charge in [-0.05, 0) is 0 Å². The highest BCUT2D eigenvalue weighted by Gasteiger charge is 2.04. The summed E-state index contributed by atoms with van der Waals surface area (Å²) in [6, 6.07) is 0. The van der Waals surface area contributed by atoms with E-state index in [1.54, 1.807) is 7.05 Å². The maximum Gasteiger partial charge on any atom is 0.139 e. The van der Waals surface area contributed by atoms with Gasteiger partial charge in [0.15, 0.2) is 0 Å². The van der Waals surface area contributed by atoms with Gasteiger partial charge >= 0.3 is 0 Å². The highest BCUT2D eigenvalue weighted by Crippen LogP contribution is 1.93. The molecule has 0 amide bonds. The van der Waals surface area contributed by atoms with Gasteiger partial charge in [0.1, 0.15) is 11.7 Å². The topological polar surface area (TPSA) is 29.5 Å². The fraction of sp³-hybridized carbons (Fsp3) is 0.800. The summed E-state index contributed by atoms with van der Waals surface area (Å²) in [6.07, 6.45) is 0.678. The lowest BCUT2D eigenvalue weighted by atomic mass is 10.5. The zero-order valence-corrected chi connectivity index (χ0v) is 6.26. The van der Waals surface area contributed by atoms with Crippen LogP contribution >= 0.6 is 11.6 Å². The molecule has 0 aliphatic rings. The van der Waals surface area contributed by atoms with Gasteiger partial charge in [0.2, 0.25) is 0 Å². The van der Waals surface area contributed by atoms with E-state index in [1.807, 2.05) is 0 Å². The lowest BCUT2D eigenvalue weighted by Crippen LogP contribution is -2.25. The Morgan fingerprint density at radius 1 is 1.89 bits per heavy atom. The van der Waals surface area contributed by atoms with E-state index in [0.29, 0.717) is 12.8 Å². The van der Waals surface area contributed by atoms with Crippen molar-refractivity contribution in [1.82, 2.24) is 5.06 Å². The number of hydrogen-bond donors (Lipinski definition) is 0. The van der Waals surface area contributed by atoms with Crippen molar-refractivity contribution in [1.29, 1.82) is 0 Å². The number of nitrogens with zero attached hydrogens (tertiary/aromatic N) is 1. The van der Waals surface area contributed by atoms with Crippen LogP contribution < -0.4 is 0 Å². The number of hydrogen-bond acceptors (Lipinski definition) is 3. The van der Waals surface area contributed by atoms with E-state index < -0.39 is 5.38 Å². The van der Waals surface area contributed by atoms with E-state index in [2.05, 4.69) is 0 Å². The SMILES string of the molecule is CON(C)CC(Cl)C=O. The molecule has 0 radical (unpaired) electrons. The fourth-order valence-corrected chi connectivity index (χ4v) is 0.558. The van der Waals surface area contributed by atoms with Crippen molar-refractivity contribution in [3.05, 3.63) is 0 Å². The van der Waals surface area contributed by atoms with Crippen molar-refractivity contribution in [3.63, 3.8) is 0 Å². The van der Waals surface area contributed by atoms with Crippen LogP contribution in [-0.4, -0.2) is 37.4 Å². The molecule has 0 saturated heterocycles. The molecular formula is C5H10ClNO2. The summed E-state index contributed by atoms with van der Waals surface area (Å²) in [6.45, 7) is 0.418. The molecule has 0 aliphatic heterocycles. The van der Waals surface area contributed by atoms with Crippen LogP contribution in [0.2, 0.25) is 0 Å². The molecule has 0 N–H and O–H groups in total. The predicted octanol–water partition coefficient (Wildman–Crippen LogP) is 0.286. The van der Waals surface area contributed by atoms with Gasteiger partial charge in [-0.1, -0.05) is 0 Å². The van der Waals surface area contributed by atoms with Crippen molar-refractivity contribution in [3.8, 4) is 0 Å². The molecular weight excluding hydrogens is 142 g/mol. The molecule has 0 spiro atoms. The molecule has 3 nitrogen and oxygen atoms in total. The fourth-order valence-electron chi connectivity index (χ4n) is 0.363. The van der Waals surface area contributed by atoms with Gasteiger partial charge in [0, 0.05) is 13.6 Å². The average Bonchev–Trinajstić information content (AvgIpc) is 1.87. The number of carbonyl (C=O) groups is 1. The molecule has 0 aliphatic carbocycles. The van der Waals surface area contributed by atoms with Gasteiger partial charge in [-0.2, -0.15) is 5.06 Å². The Balaban J connectivity index is 3.33. The monoisotopic (exact) mass is 151 g/mol. The van der Waals surface area contributed by atoms with Crippen molar-refractivity contribution < 1.29 is 9.63 Å². The van der Waals surface area contributed by atoms with Crippen LogP contribution in [0.3, 0.4) is 0 Å². The molecule has 0 bridgehead atoms. The largest absolute Gasteiger partial charge is 0.303 e. The maximum atomic E-state index is 9.94. The molecule has 9 heavy (non-hydrogen) atoms. The average molecular weight is 152 g/mol. The van der Waals surface area contributed by atoms with Crippen molar-refractivity contribution in [2.45, 2.75) is 5.38 Å². The predicted molar refractivity (Wildman–Crippen MR) is 35.3 cm³/mol. The van der Waals surface area contributed by atoms with E-state index >= 15 is 0 Å². The molecule has 1 atom stereocenters. The second-order valence-corrected chi connectivity index (χ2v) is 2.21. The molecule has 0 aromatic rings. The highest BCUT2D eigenvalue weighted by molar-refractivity contribution is 6.27. The molecule has 0 saturated carbocycles. The van der Waals surface area contributed by atoms with Crippen LogP contribution in [0.4, 0.5) is 0 Å². The van der Waals surface area contributed by atoms with Gasteiger partial charge in [-0.3, -0.25) is 0 Å². The van der Waals surface area contributed by atoms with Crippen LogP contribution in [0.5, 0.6) is 0 Å². The molecule has 54 valence electrons. The Bertz CT molecular complexity index is 89.0. The standard InChI is InChI=1S/C5H10ClNO2/c1-7(9-2)3-5(6)4-8/h4-5H,3H2,1-2H3. The van der Waals surface area contributed by atoms with Gasteiger partial charge in [0.25, 0.3) is 0 Å². The summed E-state index contributed by atoms with van der Waals surface area (Å²) in [5, 5.41) is 1.02. The van der Waals surface area contributed by atoms with Crippen molar-refractivity contribution in [2.24, 2.45) is 0 Å². The summed E-state index contributed by atoms with van der Waals surface area (Å²) in [5.41, 5.74) is 0. The molecule has 1 unspecified atom stereocenters. The zero-order valence-electron chi connectivity index (χ0n) is 5.50. The van der Waals surface area contributed by atoms with E-state index in [4.69, 9.17) is 16.4 Å². The first-order chi connectivity index (χ1) is 4.20. The summed E-state index contributed by atoms with van der Waals surface area (Å²) in [5.74, 6) is 0. The van der Waals surface area contributed by atoms with E-state index in [9.17, 15) is 4.79 Å². The van der Waals surface area contributed by atoms with Gasteiger partial charge in [-0.25, -0.2) is 0 Å². The number of halogens is 1. The number of alkyl halides is 1. The third kappa shape index (κ3) is 4.39. The zero-order chi connectivity index (χ0) is 7.28. The molecule has 0 fully saturated rings. The van der Waals surface area contributed by atoms with Gasteiger partial charge in [-0.15, -0.1) is 11.6 Å². The quantitative estimate of drug-likeness (QED) is 0.329. The Morgan fingerprint density at radius 3 is 2.78 bits per heavy atom. The number of carbonyl (C=O) groups excluding carboxylic acids is 1. The molecule has 4 heteroatoms. The van der Waals surface area contributed by atoms with Gasteiger partial charge < -0.3 is 9.63 Å². The Morgan fingerprint density at radius 2 is 2.44 bits per heavy atom. The molecule has 0 aromatic carbocycles. The summed E-state index contributed by atoms with van der Waals surface area (Å²) >= 11 is 5.45. The van der Waals surface area contributed by atoms with E-state index in [0.717, 1.165) is 0 Å². The minimum Gasteiger partial charge on any atom is -0.303 e. The van der Waals surface area contributed by atoms with Crippen LogP contribution in [0, 0.1) is 0 Å². The van der Waals surface area contributed by atoms with E-state index in [-0.39, 0.29) is 0 Å². The van der Waals surface area contributed by atoms with Crippen LogP contribution in [0.1, 0.15) is 0 Å². The molecule has 0 heterocycles. The lowest BCUT2D eigenvalue weighted by molar-refractivity contribution is -0.119. The minimum absolute atomic E-state index is 0.418. The molecule has 0 aromatic heterocycles. The Labute approximate surface area is 59.5 Å². The normalized spacial score (nSPS) is 13.8. The lowest BCUT2D eigenvalue weighted by Gasteiger charge is -2.12. The number of aldehydes is 1. The van der Waals surface area contributed by atoms with Crippen molar-refractivity contribution in [2.75, 3.05) is 20.7 Å². The van der Waals surface area contributed by atoms with Gasteiger partial charge in [0.05, 0.1) is 7.11 Å². The summed E-state index contributed by atoms with van der Waals surface area (Å²) in [4.78, 5) is 14.7. The minimum atomic E-state index is -0.477. The number of rotatable bonds is 4. The molecule has 0 rings (SSSR count). The first-order valence-electron chi connectivity index (χ1n) is 2.55. The second kappa shape index (κ2) is 4.73. The number of hydroxylamine groups is 2. The smallest absolute Gasteiger partial charge is 0.139 e. The third-order valence-electron chi connectivity index (χ3n) is 0.891. The van der Waals surface area contributed by atoms with Crippen LogP contribution in [0.25, 0.3) is 0 Å². The summed E-state index contributed by atoms with van der Waals surface area (Å²) < 4.78 is 0. The Kier molecular flexibility index (Phi) is 4.67.